The van der Waals surface area contributed by atoms with Gasteiger partial charge in [-0.05, 0) is 31.2 Å². The summed E-state index contributed by atoms with van der Waals surface area (Å²) in [6.45, 7) is 3.59. The summed E-state index contributed by atoms with van der Waals surface area (Å²) < 4.78 is 16.8. The molecule has 2 heterocycles. The SMILES string of the molecule is C[C@H](Oc1ccccc1)C(=O)Nc1c(C(=O)N2CCOCC2)oc2ccccc12. The number of fused-ring (bicyclic) bond motifs is 1. The molecule has 1 N–H and O–H groups in total. The van der Waals surface area contributed by atoms with E-state index in [4.69, 9.17) is 13.9 Å². The largest absolute Gasteiger partial charge is 0.481 e. The minimum atomic E-state index is -0.752. The highest BCUT2D eigenvalue weighted by molar-refractivity contribution is 6.11. The summed E-state index contributed by atoms with van der Waals surface area (Å²) in [5.74, 6) is 0.0815. The van der Waals surface area contributed by atoms with Crippen molar-refractivity contribution < 1.29 is 23.5 Å². The van der Waals surface area contributed by atoms with Gasteiger partial charge in [-0.25, -0.2) is 0 Å². The number of anilines is 1. The van der Waals surface area contributed by atoms with Crippen LogP contribution in [-0.4, -0.2) is 49.1 Å². The zero-order valence-corrected chi connectivity index (χ0v) is 16.1. The Morgan fingerprint density at radius 2 is 1.72 bits per heavy atom. The van der Waals surface area contributed by atoms with Crippen molar-refractivity contribution in [1.82, 2.24) is 4.90 Å². The highest BCUT2D eigenvalue weighted by Gasteiger charge is 2.28. The lowest BCUT2D eigenvalue weighted by Gasteiger charge is -2.26. The lowest BCUT2D eigenvalue weighted by molar-refractivity contribution is -0.122. The van der Waals surface area contributed by atoms with Crippen LogP contribution in [0.4, 0.5) is 5.69 Å². The molecule has 2 amide bonds. The summed E-state index contributed by atoms with van der Waals surface area (Å²) in [7, 11) is 0. The number of nitrogens with zero attached hydrogens (tertiary/aromatic N) is 1. The Bertz CT molecular complexity index is 1010. The maximum atomic E-state index is 13.0. The van der Waals surface area contributed by atoms with Gasteiger partial charge in [-0.2, -0.15) is 0 Å². The molecular formula is C22H22N2O5. The predicted molar refractivity (Wildman–Crippen MR) is 108 cm³/mol. The third kappa shape index (κ3) is 4.09. The molecule has 1 aliphatic rings. The number of amides is 2. The maximum Gasteiger partial charge on any atom is 0.291 e. The van der Waals surface area contributed by atoms with Gasteiger partial charge in [-0.15, -0.1) is 0 Å². The van der Waals surface area contributed by atoms with E-state index in [9.17, 15) is 9.59 Å². The van der Waals surface area contributed by atoms with E-state index < -0.39 is 6.10 Å². The Labute approximate surface area is 168 Å². The number of carbonyl (C=O) groups is 2. The van der Waals surface area contributed by atoms with Crippen molar-refractivity contribution in [2.24, 2.45) is 0 Å². The van der Waals surface area contributed by atoms with E-state index in [1.165, 1.54) is 0 Å². The first-order chi connectivity index (χ1) is 14.1. The Kier molecular flexibility index (Phi) is 5.48. The molecule has 1 aliphatic heterocycles. The number of nitrogens with one attached hydrogen (secondary N) is 1. The van der Waals surface area contributed by atoms with Gasteiger partial charge >= 0.3 is 0 Å². The van der Waals surface area contributed by atoms with Crippen LogP contribution in [0.25, 0.3) is 11.0 Å². The first-order valence-corrected chi connectivity index (χ1v) is 9.54. The van der Waals surface area contributed by atoms with E-state index in [-0.39, 0.29) is 17.6 Å². The molecule has 2 aromatic carbocycles. The van der Waals surface area contributed by atoms with Crippen molar-refractivity contribution >= 4 is 28.5 Å². The molecule has 0 aliphatic carbocycles. The van der Waals surface area contributed by atoms with Crippen molar-refractivity contribution in [2.45, 2.75) is 13.0 Å². The quantitative estimate of drug-likeness (QED) is 0.718. The molecule has 1 saturated heterocycles. The average Bonchev–Trinajstić information content (AvgIpc) is 3.13. The standard InChI is InChI=1S/C22H22N2O5/c1-15(28-16-7-3-2-4-8-16)21(25)23-19-17-9-5-6-10-18(17)29-20(19)22(26)24-11-13-27-14-12-24/h2-10,15H,11-14H2,1H3,(H,23,25)/t15-/m0/s1. The number of furan rings is 1. The minimum absolute atomic E-state index is 0.119. The fourth-order valence-electron chi connectivity index (χ4n) is 3.21. The van der Waals surface area contributed by atoms with Crippen LogP contribution in [0.15, 0.2) is 59.0 Å². The molecule has 29 heavy (non-hydrogen) atoms. The van der Waals surface area contributed by atoms with Crippen LogP contribution in [0.5, 0.6) is 5.75 Å². The van der Waals surface area contributed by atoms with Gasteiger partial charge in [-0.1, -0.05) is 30.3 Å². The van der Waals surface area contributed by atoms with E-state index >= 15 is 0 Å². The lowest BCUT2D eigenvalue weighted by Crippen LogP contribution is -2.41. The van der Waals surface area contributed by atoms with Gasteiger partial charge in [0.2, 0.25) is 5.76 Å². The van der Waals surface area contributed by atoms with E-state index in [1.807, 2.05) is 36.4 Å². The summed E-state index contributed by atoms with van der Waals surface area (Å²) in [6, 6.07) is 16.3. The molecule has 0 saturated carbocycles. The number of carbonyl (C=O) groups excluding carboxylic acids is 2. The summed E-state index contributed by atoms with van der Waals surface area (Å²) in [6.07, 6.45) is -0.752. The smallest absolute Gasteiger partial charge is 0.291 e. The number of ether oxygens (including phenoxy) is 2. The van der Waals surface area contributed by atoms with Crippen LogP contribution < -0.4 is 10.1 Å². The number of hydrogen-bond donors (Lipinski definition) is 1. The summed E-state index contributed by atoms with van der Waals surface area (Å²) >= 11 is 0. The molecule has 0 spiro atoms. The Morgan fingerprint density at radius 1 is 1.03 bits per heavy atom. The molecule has 0 unspecified atom stereocenters. The molecule has 4 rings (SSSR count). The molecule has 1 atom stereocenters. The normalized spacial score (nSPS) is 15.1. The maximum absolute atomic E-state index is 13.0. The lowest BCUT2D eigenvalue weighted by atomic mass is 10.2. The highest BCUT2D eigenvalue weighted by atomic mass is 16.5. The van der Waals surface area contributed by atoms with Gasteiger partial charge in [0.25, 0.3) is 11.8 Å². The number of morpholine rings is 1. The Balaban J connectivity index is 1.60. The number of rotatable bonds is 5. The highest BCUT2D eigenvalue weighted by Crippen LogP contribution is 2.32. The monoisotopic (exact) mass is 394 g/mol. The number of para-hydroxylation sites is 2. The van der Waals surface area contributed by atoms with Gasteiger partial charge in [0.1, 0.15) is 17.0 Å². The zero-order valence-electron chi connectivity index (χ0n) is 16.1. The summed E-state index contributed by atoms with van der Waals surface area (Å²) in [5, 5.41) is 3.51. The third-order valence-corrected chi connectivity index (χ3v) is 4.76. The van der Waals surface area contributed by atoms with E-state index in [0.717, 1.165) is 0 Å². The topological polar surface area (TPSA) is 81.0 Å². The van der Waals surface area contributed by atoms with Crippen LogP contribution >= 0.6 is 0 Å². The van der Waals surface area contributed by atoms with Crippen LogP contribution in [0.3, 0.4) is 0 Å². The van der Waals surface area contributed by atoms with Crippen molar-refractivity contribution in [3.05, 3.63) is 60.4 Å². The Morgan fingerprint density at radius 3 is 2.48 bits per heavy atom. The van der Waals surface area contributed by atoms with Gasteiger partial charge in [0.15, 0.2) is 6.10 Å². The molecule has 150 valence electrons. The van der Waals surface area contributed by atoms with E-state index in [2.05, 4.69) is 5.32 Å². The first-order valence-electron chi connectivity index (χ1n) is 9.54. The van der Waals surface area contributed by atoms with Crippen molar-refractivity contribution in [3.63, 3.8) is 0 Å². The fraction of sp³-hybridized carbons (Fsp3) is 0.273. The summed E-state index contributed by atoms with van der Waals surface area (Å²) in [4.78, 5) is 27.5. The van der Waals surface area contributed by atoms with Crippen molar-refractivity contribution in [3.8, 4) is 5.75 Å². The van der Waals surface area contributed by atoms with Gasteiger partial charge < -0.3 is 24.1 Å². The molecule has 0 bridgehead atoms. The van der Waals surface area contributed by atoms with Crippen LogP contribution in [0.2, 0.25) is 0 Å². The van der Waals surface area contributed by atoms with Crippen molar-refractivity contribution in [2.75, 3.05) is 31.6 Å². The summed E-state index contributed by atoms with van der Waals surface area (Å²) in [5.41, 5.74) is 0.904. The molecule has 1 aromatic heterocycles. The molecule has 7 nitrogen and oxygen atoms in total. The molecule has 0 radical (unpaired) electrons. The van der Waals surface area contributed by atoms with Gasteiger partial charge in [-0.3, -0.25) is 9.59 Å². The molecular weight excluding hydrogens is 372 g/mol. The predicted octanol–water partition coefficient (Wildman–Crippen LogP) is 3.31. The van der Waals surface area contributed by atoms with Crippen LogP contribution in [0.1, 0.15) is 17.5 Å². The first kappa shape index (κ1) is 19.0. The fourth-order valence-corrected chi connectivity index (χ4v) is 3.21. The van der Waals surface area contributed by atoms with E-state index in [0.29, 0.717) is 48.7 Å². The second kappa shape index (κ2) is 8.36. The van der Waals surface area contributed by atoms with Crippen LogP contribution in [0, 0.1) is 0 Å². The second-order valence-corrected chi connectivity index (χ2v) is 6.77. The molecule has 3 aromatic rings. The van der Waals surface area contributed by atoms with Gasteiger partial charge in [0, 0.05) is 18.5 Å². The third-order valence-electron chi connectivity index (χ3n) is 4.76. The Hall–Kier alpha value is -3.32. The van der Waals surface area contributed by atoms with E-state index in [1.54, 1.807) is 30.0 Å². The average molecular weight is 394 g/mol. The second-order valence-electron chi connectivity index (χ2n) is 6.77. The molecule has 7 heteroatoms. The van der Waals surface area contributed by atoms with Crippen molar-refractivity contribution in [1.29, 1.82) is 0 Å². The molecule has 1 fully saturated rings. The number of benzene rings is 2. The minimum Gasteiger partial charge on any atom is -0.481 e. The van der Waals surface area contributed by atoms with Crippen LogP contribution in [-0.2, 0) is 9.53 Å². The number of hydrogen-bond acceptors (Lipinski definition) is 5. The zero-order chi connectivity index (χ0) is 20.2. The van der Waals surface area contributed by atoms with Gasteiger partial charge in [0.05, 0.1) is 13.2 Å².